The van der Waals surface area contributed by atoms with Crippen LogP contribution >= 0.6 is 21.4 Å². The Balaban J connectivity index is 1.08. The second-order valence-corrected chi connectivity index (χ2v) is 21.9. The van der Waals surface area contributed by atoms with Crippen LogP contribution in [-0.2, 0) is 5.41 Å². The second kappa shape index (κ2) is 16.7. The van der Waals surface area contributed by atoms with Crippen LogP contribution in [-0.4, -0.2) is 0 Å². The summed E-state index contributed by atoms with van der Waals surface area (Å²) >= 11 is 1.86. The molecule has 0 bridgehead atoms. The van der Waals surface area contributed by atoms with Gasteiger partial charge in [0.25, 0.3) is 0 Å². The minimum Gasteiger partial charge on any atom is -0.310 e. The molecule has 1 aromatic heterocycles. The first-order chi connectivity index (χ1) is 33.0. The third-order valence-electron chi connectivity index (χ3n) is 13.5. The number of fused-ring (bicyclic) bond motifs is 6. The quantitative estimate of drug-likeness (QED) is 0.135. The van der Waals surface area contributed by atoms with Gasteiger partial charge in [-0.25, -0.2) is 0 Å². The lowest BCUT2D eigenvalue weighted by Crippen LogP contribution is -2.15. The molecule has 1 aliphatic carbocycles. The van der Waals surface area contributed by atoms with Crippen LogP contribution in [0.15, 0.2) is 274 Å². The third kappa shape index (κ3) is 6.87. The standard InChI is InChI=1S/C63H48N2S2/c1-63(2)59-35-17-15-33-55(59)57-43-49(37-39-60(57)63)64(45-21-7-3-8-22-45)47-25-19-31-53(41-47)67(51-27-11-5-12-28-51,52-29-13-6-14-30-52)54-32-20-26-48(42-54)65(46-23-9-4-10-24-46)50-38-40-62-58(44-50)56-34-16-18-36-61(56)66-62/h3-44H,1-2H3. The zero-order valence-corrected chi connectivity index (χ0v) is 39.1. The molecule has 0 fully saturated rings. The van der Waals surface area contributed by atoms with Crippen LogP contribution < -0.4 is 9.80 Å². The van der Waals surface area contributed by atoms with Gasteiger partial charge in [-0.2, -0.15) is 0 Å². The Morgan fingerprint density at radius 2 is 0.746 bits per heavy atom. The molecule has 0 radical (unpaired) electrons. The molecular formula is C63H48N2S2. The number of para-hydroxylation sites is 2. The third-order valence-corrected chi connectivity index (χ3v) is 18.6. The first kappa shape index (κ1) is 40.8. The first-order valence-corrected chi connectivity index (χ1v) is 25.4. The van der Waals surface area contributed by atoms with E-state index in [9.17, 15) is 0 Å². The molecule has 1 heterocycles. The highest BCUT2D eigenvalue weighted by molar-refractivity contribution is 8.34. The summed E-state index contributed by atoms with van der Waals surface area (Å²) in [4.78, 5) is 9.92. The topological polar surface area (TPSA) is 6.48 Å². The van der Waals surface area contributed by atoms with E-state index in [4.69, 9.17) is 0 Å². The van der Waals surface area contributed by atoms with Gasteiger partial charge in [-0.3, -0.25) is 0 Å². The molecule has 0 atom stereocenters. The van der Waals surface area contributed by atoms with E-state index >= 15 is 0 Å². The van der Waals surface area contributed by atoms with Crippen molar-refractivity contribution in [3.05, 3.63) is 266 Å². The minimum absolute atomic E-state index is 0.0774. The lowest BCUT2D eigenvalue weighted by Gasteiger charge is -2.43. The van der Waals surface area contributed by atoms with E-state index in [1.807, 2.05) is 11.3 Å². The largest absolute Gasteiger partial charge is 0.310 e. The van der Waals surface area contributed by atoms with Gasteiger partial charge in [0.15, 0.2) is 0 Å². The number of rotatable bonds is 10. The maximum absolute atomic E-state index is 2.46. The molecule has 12 rings (SSSR count). The lowest BCUT2D eigenvalue weighted by atomic mass is 9.82. The van der Waals surface area contributed by atoms with Crippen LogP contribution in [0.25, 0.3) is 31.3 Å². The molecule has 0 amide bonds. The Hall–Kier alpha value is -7.63. The van der Waals surface area contributed by atoms with Crippen molar-refractivity contribution in [1.29, 1.82) is 0 Å². The highest BCUT2D eigenvalue weighted by Crippen LogP contribution is 2.74. The maximum atomic E-state index is 2.46. The summed E-state index contributed by atoms with van der Waals surface area (Å²) in [6.07, 6.45) is 0. The summed E-state index contributed by atoms with van der Waals surface area (Å²) in [5.74, 6) is 0. The summed E-state index contributed by atoms with van der Waals surface area (Å²) in [7, 11) is -2.12. The van der Waals surface area contributed by atoms with E-state index in [-0.39, 0.29) is 5.41 Å². The Bertz CT molecular complexity index is 3520. The molecule has 4 heteroatoms. The molecule has 0 unspecified atom stereocenters. The van der Waals surface area contributed by atoms with E-state index < -0.39 is 10.0 Å². The summed E-state index contributed by atoms with van der Waals surface area (Å²) in [6.45, 7) is 4.70. The zero-order chi connectivity index (χ0) is 45.0. The molecule has 1 aliphatic rings. The summed E-state index contributed by atoms with van der Waals surface area (Å²) in [6, 6.07) is 94.5. The Kier molecular flexibility index (Phi) is 10.2. The lowest BCUT2D eigenvalue weighted by molar-refractivity contribution is 0.660. The molecule has 67 heavy (non-hydrogen) atoms. The zero-order valence-electron chi connectivity index (χ0n) is 37.5. The number of nitrogens with zero attached hydrogens (tertiary/aromatic N) is 2. The van der Waals surface area contributed by atoms with Crippen molar-refractivity contribution in [1.82, 2.24) is 0 Å². The fourth-order valence-corrected chi connectivity index (χ4v) is 15.5. The second-order valence-electron chi connectivity index (χ2n) is 17.8. The Morgan fingerprint density at radius 1 is 0.313 bits per heavy atom. The average Bonchev–Trinajstić information content (AvgIpc) is 3.87. The van der Waals surface area contributed by atoms with Crippen LogP contribution in [0.1, 0.15) is 25.0 Å². The smallest absolute Gasteiger partial charge is 0.0472 e. The fourth-order valence-electron chi connectivity index (χ4n) is 10.4. The molecule has 322 valence electrons. The Morgan fingerprint density at radius 3 is 1.36 bits per heavy atom. The van der Waals surface area contributed by atoms with Crippen molar-refractivity contribution in [3.8, 4) is 11.1 Å². The normalized spacial score (nSPS) is 13.0. The molecular weight excluding hydrogens is 849 g/mol. The molecule has 2 nitrogen and oxygen atoms in total. The van der Waals surface area contributed by atoms with Gasteiger partial charge < -0.3 is 9.80 Å². The van der Waals surface area contributed by atoms with Crippen molar-refractivity contribution in [3.63, 3.8) is 0 Å². The predicted molar refractivity (Wildman–Crippen MR) is 286 cm³/mol. The molecule has 10 aromatic carbocycles. The molecule has 0 spiro atoms. The van der Waals surface area contributed by atoms with Gasteiger partial charge in [0.1, 0.15) is 0 Å². The molecule has 0 aliphatic heterocycles. The number of anilines is 6. The number of hydrogen-bond donors (Lipinski definition) is 0. The van der Waals surface area contributed by atoms with E-state index in [0.717, 1.165) is 34.1 Å². The van der Waals surface area contributed by atoms with E-state index in [2.05, 4.69) is 278 Å². The minimum atomic E-state index is -2.12. The van der Waals surface area contributed by atoms with Gasteiger partial charge in [-0.05, 0) is 144 Å². The monoisotopic (exact) mass is 896 g/mol. The van der Waals surface area contributed by atoms with Crippen LogP contribution in [0.2, 0.25) is 0 Å². The van der Waals surface area contributed by atoms with E-state index in [1.54, 1.807) is 0 Å². The van der Waals surface area contributed by atoms with Crippen LogP contribution in [0, 0.1) is 0 Å². The number of benzene rings is 10. The Labute approximate surface area is 399 Å². The summed E-state index contributed by atoms with van der Waals surface area (Å²) in [5, 5.41) is 2.57. The maximum Gasteiger partial charge on any atom is 0.0472 e. The predicted octanol–water partition coefficient (Wildman–Crippen LogP) is 18.6. The molecule has 0 N–H and O–H groups in total. The highest BCUT2D eigenvalue weighted by atomic mass is 32.3. The van der Waals surface area contributed by atoms with Gasteiger partial charge in [-0.1, -0.05) is 147 Å². The van der Waals surface area contributed by atoms with Gasteiger partial charge >= 0.3 is 0 Å². The number of hydrogen-bond acceptors (Lipinski definition) is 3. The van der Waals surface area contributed by atoms with Crippen LogP contribution in [0.5, 0.6) is 0 Å². The van der Waals surface area contributed by atoms with Crippen molar-refractivity contribution in [2.75, 3.05) is 9.80 Å². The molecule has 0 saturated heterocycles. The van der Waals surface area contributed by atoms with Crippen LogP contribution in [0.3, 0.4) is 0 Å². The summed E-state index contributed by atoms with van der Waals surface area (Å²) < 4.78 is 2.60. The van der Waals surface area contributed by atoms with Crippen molar-refractivity contribution in [2.45, 2.75) is 38.8 Å². The molecule has 0 saturated carbocycles. The SMILES string of the molecule is CC1(C)c2ccccc2-c2cc(N(c3ccccc3)c3cccc(S(c4ccccc4)(c4ccccc4)c4cccc(N(c5ccccc5)c5ccc6sc7ccccc7c6c5)c4)c3)ccc21. The first-order valence-electron chi connectivity index (χ1n) is 23.0. The van der Waals surface area contributed by atoms with E-state index in [0.29, 0.717) is 0 Å². The molecule has 11 aromatic rings. The highest BCUT2D eigenvalue weighted by Gasteiger charge is 2.37. The summed E-state index contributed by atoms with van der Waals surface area (Å²) in [5.41, 5.74) is 12.0. The fraction of sp³-hybridized carbons (Fsp3) is 0.0476. The van der Waals surface area contributed by atoms with Crippen molar-refractivity contribution in [2.24, 2.45) is 0 Å². The average molecular weight is 897 g/mol. The van der Waals surface area contributed by atoms with Gasteiger partial charge in [0.05, 0.1) is 0 Å². The van der Waals surface area contributed by atoms with Gasteiger partial charge in [0.2, 0.25) is 0 Å². The number of thiophene rings is 1. The van der Waals surface area contributed by atoms with Gasteiger partial charge in [-0.15, -0.1) is 21.4 Å². The van der Waals surface area contributed by atoms with Crippen molar-refractivity contribution < 1.29 is 0 Å². The van der Waals surface area contributed by atoms with Crippen molar-refractivity contribution >= 4 is 75.7 Å². The van der Waals surface area contributed by atoms with Gasteiger partial charge in [0, 0.05) is 79.3 Å². The van der Waals surface area contributed by atoms with E-state index in [1.165, 1.54) is 62.0 Å². The van der Waals surface area contributed by atoms with Crippen LogP contribution in [0.4, 0.5) is 34.1 Å².